The van der Waals surface area contributed by atoms with E-state index < -0.39 is 11.6 Å². The average molecular weight is 427 g/mol. The van der Waals surface area contributed by atoms with Crippen molar-refractivity contribution in [1.82, 2.24) is 0 Å². The molecule has 2 aromatic rings. The van der Waals surface area contributed by atoms with Gasteiger partial charge in [-0.25, -0.2) is 4.79 Å². The summed E-state index contributed by atoms with van der Waals surface area (Å²) in [6.07, 6.45) is 9.69. The molecular formula is C23H26N2O2S2. The first-order valence-corrected chi connectivity index (χ1v) is 11.5. The molecule has 3 rings (SSSR count). The third kappa shape index (κ3) is 6.31. The Kier molecular flexibility index (Phi) is 6.94. The molecule has 0 spiro atoms. The normalized spacial score (nSPS) is 15.5. The summed E-state index contributed by atoms with van der Waals surface area (Å²) >= 11 is 3.35. The minimum Gasteiger partial charge on any atom is -0.456 e. The van der Waals surface area contributed by atoms with Crippen LogP contribution in [-0.2, 0) is 9.53 Å². The van der Waals surface area contributed by atoms with E-state index in [0.29, 0.717) is 0 Å². The highest BCUT2D eigenvalue weighted by Gasteiger charge is 2.20. The van der Waals surface area contributed by atoms with E-state index in [1.807, 2.05) is 29.5 Å². The second-order valence-corrected chi connectivity index (χ2v) is 10.2. The van der Waals surface area contributed by atoms with Gasteiger partial charge < -0.3 is 9.64 Å². The molecule has 0 amide bonds. The molecule has 0 bridgehead atoms. The van der Waals surface area contributed by atoms with Crippen LogP contribution in [0, 0.1) is 11.3 Å². The fourth-order valence-corrected chi connectivity index (χ4v) is 4.85. The zero-order chi connectivity index (χ0) is 20.9. The fraction of sp³-hybridized carbons (Fsp3) is 0.391. The molecule has 0 aromatic carbocycles. The number of piperidine rings is 1. The number of thiophene rings is 2. The van der Waals surface area contributed by atoms with E-state index in [1.165, 1.54) is 40.5 Å². The molecule has 2 aromatic heterocycles. The topological polar surface area (TPSA) is 53.3 Å². The number of hydrogen-bond acceptors (Lipinski definition) is 6. The van der Waals surface area contributed by atoms with Gasteiger partial charge in [0.05, 0.1) is 5.00 Å². The summed E-state index contributed by atoms with van der Waals surface area (Å²) in [5.74, 6) is -0.589. The van der Waals surface area contributed by atoms with Crippen LogP contribution < -0.4 is 4.90 Å². The van der Waals surface area contributed by atoms with Gasteiger partial charge in [-0.3, -0.25) is 0 Å². The number of rotatable bonds is 5. The van der Waals surface area contributed by atoms with Gasteiger partial charge in [0.2, 0.25) is 0 Å². The Morgan fingerprint density at radius 3 is 2.31 bits per heavy atom. The van der Waals surface area contributed by atoms with Crippen molar-refractivity contribution in [3.8, 4) is 6.07 Å². The van der Waals surface area contributed by atoms with E-state index in [9.17, 15) is 10.1 Å². The average Bonchev–Trinajstić information content (AvgIpc) is 3.33. The highest BCUT2D eigenvalue weighted by atomic mass is 32.1. The lowest BCUT2D eigenvalue weighted by Gasteiger charge is -2.27. The highest BCUT2D eigenvalue weighted by molar-refractivity contribution is 7.17. The van der Waals surface area contributed by atoms with Crippen LogP contribution in [0.15, 0.2) is 29.8 Å². The van der Waals surface area contributed by atoms with Crippen molar-refractivity contribution in [2.45, 2.75) is 45.6 Å². The van der Waals surface area contributed by atoms with E-state index in [1.54, 1.807) is 26.8 Å². The Morgan fingerprint density at radius 1 is 1.03 bits per heavy atom. The number of anilines is 1. The minimum absolute atomic E-state index is 0.0155. The summed E-state index contributed by atoms with van der Waals surface area (Å²) in [6.45, 7) is 7.67. The molecule has 0 N–H and O–H groups in total. The van der Waals surface area contributed by atoms with Crippen LogP contribution in [0.4, 0.5) is 5.00 Å². The van der Waals surface area contributed by atoms with Crippen LogP contribution in [0.2, 0.25) is 0 Å². The quantitative estimate of drug-likeness (QED) is 0.324. The summed E-state index contributed by atoms with van der Waals surface area (Å²) in [7, 11) is 0. The lowest BCUT2D eigenvalue weighted by Crippen LogP contribution is -2.28. The molecule has 1 aliphatic heterocycles. The molecule has 1 saturated heterocycles. The predicted molar refractivity (Wildman–Crippen MR) is 123 cm³/mol. The molecule has 0 saturated carbocycles. The van der Waals surface area contributed by atoms with Gasteiger partial charge >= 0.3 is 5.97 Å². The first kappa shape index (κ1) is 21.4. The maximum absolute atomic E-state index is 12.1. The van der Waals surface area contributed by atoms with Gasteiger partial charge in [0, 0.05) is 27.7 Å². The number of carbonyl (C=O) groups excluding carboxylic acids is 1. The van der Waals surface area contributed by atoms with Crippen molar-refractivity contribution >= 4 is 51.9 Å². The van der Waals surface area contributed by atoms with Gasteiger partial charge in [-0.1, -0.05) is 0 Å². The largest absolute Gasteiger partial charge is 0.456 e. The highest BCUT2D eigenvalue weighted by Crippen LogP contribution is 2.30. The van der Waals surface area contributed by atoms with Crippen LogP contribution >= 0.6 is 22.7 Å². The number of ether oxygens (including phenoxy) is 1. The minimum atomic E-state index is -0.621. The van der Waals surface area contributed by atoms with E-state index >= 15 is 0 Å². The molecule has 0 unspecified atom stereocenters. The molecule has 0 aliphatic carbocycles. The van der Waals surface area contributed by atoms with E-state index in [0.717, 1.165) is 22.8 Å². The standard InChI is InChI=1S/C23H26N2O2S2/c1-23(2,3)27-22(26)17(16-24)15-20-10-9-18(28-20)7-8-19-11-12-21(29-19)25-13-5-4-6-14-25/h7-12,15H,4-6,13-14H2,1-3H3. The Bertz CT molecular complexity index is 948. The maximum Gasteiger partial charge on any atom is 0.349 e. The molecule has 152 valence electrons. The Labute approximate surface area is 180 Å². The Hall–Kier alpha value is -2.36. The van der Waals surface area contributed by atoms with Crippen LogP contribution in [0.3, 0.4) is 0 Å². The first-order valence-electron chi connectivity index (χ1n) is 9.82. The second kappa shape index (κ2) is 9.43. The lowest BCUT2D eigenvalue weighted by atomic mass is 10.1. The molecule has 6 heteroatoms. The number of hydrogen-bond donors (Lipinski definition) is 0. The molecule has 4 nitrogen and oxygen atoms in total. The van der Waals surface area contributed by atoms with Gasteiger partial charge in [0.25, 0.3) is 0 Å². The number of nitrogens with zero attached hydrogens (tertiary/aromatic N) is 2. The fourth-order valence-electron chi connectivity index (χ4n) is 3.03. The first-order chi connectivity index (χ1) is 13.8. The van der Waals surface area contributed by atoms with Crippen molar-refractivity contribution in [2.24, 2.45) is 0 Å². The van der Waals surface area contributed by atoms with E-state index in [-0.39, 0.29) is 5.57 Å². The SMILES string of the molecule is CC(C)(C)OC(=O)C(C#N)=Cc1ccc(C=Cc2ccc(N3CCCCC3)s2)s1. The summed E-state index contributed by atoms with van der Waals surface area (Å²) < 4.78 is 5.29. The molecule has 0 atom stereocenters. The Morgan fingerprint density at radius 2 is 1.66 bits per heavy atom. The van der Waals surface area contributed by atoms with Crippen LogP contribution in [0.25, 0.3) is 18.2 Å². The summed E-state index contributed by atoms with van der Waals surface area (Å²) in [6, 6.07) is 10.2. The molecule has 0 radical (unpaired) electrons. The van der Waals surface area contributed by atoms with Crippen molar-refractivity contribution < 1.29 is 9.53 Å². The zero-order valence-corrected chi connectivity index (χ0v) is 18.7. The monoisotopic (exact) mass is 426 g/mol. The van der Waals surface area contributed by atoms with E-state index in [4.69, 9.17) is 4.74 Å². The van der Waals surface area contributed by atoms with Gasteiger partial charge in [-0.05, 0) is 82.5 Å². The summed E-state index contributed by atoms with van der Waals surface area (Å²) in [4.78, 5) is 17.7. The van der Waals surface area contributed by atoms with Crippen LogP contribution in [-0.4, -0.2) is 24.7 Å². The number of carbonyl (C=O) groups is 1. The van der Waals surface area contributed by atoms with Gasteiger partial charge in [0.1, 0.15) is 17.2 Å². The van der Waals surface area contributed by atoms with Crippen LogP contribution in [0.1, 0.15) is 54.7 Å². The van der Waals surface area contributed by atoms with Crippen molar-refractivity contribution in [2.75, 3.05) is 18.0 Å². The second-order valence-electron chi connectivity index (χ2n) is 7.97. The van der Waals surface area contributed by atoms with Crippen LogP contribution in [0.5, 0.6) is 0 Å². The van der Waals surface area contributed by atoms with Crippen molar-refractivity contribution in [3.05, 3.63) is 44.5 Å². The number of nitriles is 1. The predicted octanol–water partition coefficient (Wildman–Crippen LogP) is 6.22. The molecule has 1 fully saturated rings. The lowest BCUT2D eigenvalue weighted by molar-refractivity contribution is -0.149. The van der Waals surface area contributed by atoms with Gasteiger partial charge in [0.15, 0.2) is 0 Å². The Balaban J connectivity index is 1.66. The molecule has 29 heavy (non-hydrogen) atoms. The van der Waals surface area contributed by atoms with Crippen molar-refractivity contribution in [1.29, 1.82) is 5.26 Å². The number of esters is 1. The third-order valence-corrected chi connectivity index (χ3v) is 6.47. The summed E-state index contributed by atoms with van der Waals surface area (Å²) in [5.41, 5.74) is -0.605. The van der Waals surface area contributed by atoms with Gasteiger partial charge in [-0.15, -0.1) is 22.7 Å². The van der Waals surface area contributed by atoms with E-state index in [2.05, 4.69) is 29.2 Å². The smallest absolute Gasteiger partial charge is 0.349 e. The zero-order valence-electron chi connectivity index (χ0n) is 17.1. The summed E-state index contributed by atoms with van der Waals surface area (Å²) in [5, 5.41) is 10.6. The van der Waals surface area contributed by atoms with Gasteiger partial charge in [-0.2, -0.15) is 5.26 Å². The third-order valence-electron chi connectivity index (χ3n) is 4.37. The maximum atomic E-state index is 12.1. The molecular weight excluding hydrogens is 400 g/mol. The molecule has 1 aliphatic rings. The van der Waals surface area contributed by atoms with Crippen molar-refractivity contribution in [3.63, 3.8) is 0 Å². The molecule has 3 heterocycles.